The minimum Gasteiger partial charge on any atom is -0.480 e. The van der Waals surface area contributed by atoms with Crippen LogP contribution >= 0.6 is 11.6 Å². The van der Waals surface area contributed by atoms with Crippen LogP contribution in [0.25, 0.3) is 6.08 Å². The van der Waals surface area contributed by atoms with E-state index >= 15 is 0 Å². The van der Waals surface area contributed by atoms with Gasteiger partial charge in [0.05, 0.1) is 5.56 Å². The van der Waals surface area contributed by atoms with E-state index in [4.69, 9.17) is 16.3 Å². The molecule has 1 atom stereocenters. The molecule has 0 saturated carbocycles. The molecule has 3 aromatic carbocycles. The van der Waals surface area contributed by atoms with E-state index in [-0.39, 0.29) is 5.78 Å². The highest BCUT2D eigenvalue weighted by Gasteiger charge is 2.32. The van der Waals surface area contributed by atoms with Crippen LogP contribution < -0.4 is 4.74 Å². The van der Waals surface area contributed by atoms with Crippen molar-refractivity contribution in [2.75, 3.05) is 0 Å². The lowest BCUT2D eigenvalue weighted by Crippen LogP contribution is -2.23. The Morgan fingerprint density at radius 3 is 2.32 bits per heavy atom. The number of rotatable bonds is 2. The Bertz CT molecular complexity index is 961. The number of benzene rings is 3. The predicted molar refractivity (Wildman–Crippen MR) is 100 cm³/mol. The number of ketones is 1. The summed E-state index contributed by atoms with van der Waals surface area (Å²) in [6.07, 6.45) is 1.37. The van der Waals surface area contributed by atoms with Gasteiger partial charge in [-0.2, -0.15) is 0 Å². The van der Waals surface area contributed by atoms with Crippen LogP contribution in [0.5, 0.6) is 5.75 Å². The Hall–Kier alpha value is -2.84. The zero-order valence-electron chi connectivity index (χ0n) is 13.4. The smallest absolute Gasteiger partial charge is 0.196 e. The molecule has 0 amide bonds. The first kappa shape index (κ1) is 15.7. The molecule has 0 fully saturated rings. The van der Waals surface area contributed by atoms with Crippen molar-refractivity contribution in [3.05, 3.63) is 106 Å². The quantitative estimate of drug-likeness (QED) is 0.553. The van der Waals surface area contributed by atoms with Crippen LogP contribution in [0.15, 0.2) is 84.4 Å². The average Bonchev–Trinajstić information content (AvgIpc) is 2.66. The topological polar surface area (TPSA) is 26.3 Å². The molecule has 1 heterocycles. The Morgan fingerprint density at radius 1 is 0.840 bits per heavy atom. The van der Waals surface area contributed by atoms with Crippen molar-refractivity contribution in [3.8, 4) is 5.75 Å². The van der Waals surface area contributed by atoms with Crippen molar-refractivity contribution in [1.29, 1.82) is 0 Å². The third kappa shape index (κ3) is 2.97. The Kier molecular flexibility index (Phi) is 4.12. The van der Waals surface area contributed by atoms with Crippen LogP contribution in [-0.4, -0.2) is 5.78 Å². The van der Waals surface area contributed by atoms with Crippen LogP contribution in [0.4, 0.5) is 0 Å². The molecule has 4 rings (SSSR count). The summed E-state index contributed by atoms with van der Waals surface area (Å²) in [5.41, 5.74) is 2.89. The number of ether oxygens (including phenoxy) is 1. The van der Waals surface area contributed by atoms with E-state index in [1.54, 1.807) is 6.07 Å². The molecule has 25 heavy (non-hydrogen) atoms. The molecule has 1 aliphatic rings. The van der Waals surface area contributed by atoms with E-state index in [2.05, 4.69) is 0 Å². The maximum atomic E-state index is 13.1. The second kappa shape index (κ2) is 6.58. The maximum absolute atomic E-state index is 13.1. The van der Waals surface area contributed by atoms with Gasteiger partial charge in [0.1, 0.15) is 5.75 Å². The first-order chi connectivity index (χ1) is 12.2. The zero-order chi connectivity index (χ0) is 17.2. The van der Waals surface area contributed by atoms with Gasteiger partial charge >= 0.3 is 0 Å². The number of fused-ring (bicyclic) bond motifs is 1. The molecule has 0 radical (unpaired) electrons. The van der Waals surface area contributed by atoms with Gasteiger partial charge in [0.25, 0.3) is 0 Å². The van der Waals surface area contributed by atoms with E-state index in [0.29, 0.717) is 21.9 Å². The summed E-state index contributed by atoms with van der Waals surface area (Å²) in [4.78, 5) is 13.1. The molecule has 3 aromatic rings. The van der Waals surface area contributed by atoms with E-state index in [0.717, 1.165) is 11.1 Å². The van der Waals surface area contributed by atoms with Gasteiger partial charge in [-0.15, -0.1) is 0 Å². The van der Waals surface area contributed by atoms with E-state index < -0.39 is 6.10 Å². The van der Waals surface area contributed by atoms with Gasteiger partial charge in [0.15, 0.2) is 11.9 Å². The SMILES string of the molecule is O=C1/C(=C\c2ccccc2Cl)C(c2ccccc2)Oc2ccccc21. The fourth-order valence-corrected chi connectivity index (χ4v) is 3.19. The minimum absolute atomic E-state index is 0.0318. The number of carbonyl (C=O) groups excluding carboxylic acids is 1. The molecular weight excluding hydrogens is 332 g/mol. The van der Waals surface area contributed by atoms with Crippen molar-refractivity contribution in [2.45, 2.75) is 6.10 Å². The summed E-state index contributed by atoms with van der Waals surface area (Å²) in [5, 5.41) is 0.605. The number of para-hydroxylation sites is 1. The van der Waals surface area contributed by atoms with Crippen LogP contribution in [0.2, 0.25) is 5.02 Å². The van der Waals surface area contributed by atoms with Gasteiger partial charge in [-0.05, 0) is 35.4 Å². The molecule has 0 N–H and O–H groups in total. The monoisotopic (exact) mass is 346 g/mol. The summed E-state index contributed by atoms with van der Waals surface area (Å²) < 4.78 is 6.18. The molecule has 0 saturated heterocycles. The molecule has 122 valence electrons. The Labute approximate surface area is 151 Å². The summed E-state index contributed by atoms with van der Waals surface area (Å²) in [7, 11) is 0. The van der Waals surface area contributed by atoms with Crippen LogP contribution in [0.1, 0.15) is 27.6 Å². The van der Waals surface area contributed by atoms with Gasteiger partial charge < -0.3 is 4.74 Å². The molecule has 0 aliphatic carbocycles. The first-order valence-electron chi connectivity index (χ1n) is 8.05. The first-order valence-corrected chi connectivity index (χ1v) is 8.43. The third-order valence-electron chi connectivity index (χ3n) is 4.24. The normalized spacial score (nSPS) is 17.9. The van der Waals surface area contributed by atoms with Crippen molar-refractivity contribution >= 4 is 23.5 Å². The van der Waals surface area contributed by atoms with Crippen molar-refractivity contribution < 1.29 is 9.53 Å². The molecule has 2 nitrogen and oxygen atoms in total. The zero-order valence-corrected chi connectivity index (χ0v) is 14.1. The third-order valence-corrected chi connectivity index (χ3v) is 4.58. The van der Waals surface area contributed by atoms with Crippen LogP contribution in [0.3, 0.4) is 0 Å². The molecule has 0 aromatic heterocycles. The summed E-state index contributed by atoms with van der Waals surface area (Å²) in [6, 6.07) is 24.6. The van der Waals surface area contributed by atoms with Gasteiger partial charge in [0, 0.05) is 10.6 Å². The maximum Gasteiger partial charge on any atom is 0.196 e. The fraction of sp³-hybridized carbons (Fsp3) is 0.0455. The van der Waals surface area contributed by atoms with E-state index in [1.165, 1.54) is 0 Å². The Morgan fingerprint density at radius 2 is 1.52 bits per heavy atom. The second-order valence-electron chi connectivity index (χ2n) is 5.86. The second-order valence-corrected chi connectivity index (χ2v) is 6.26. The molecule has 3 heteroatoms. The summed E-state index contributed by atoms with van der Waals surface area (Å²) in [6.45, 7) is 0. The Balaban J connectivity index is 1.89. The standard InChI is InChI=1S/C22H15ClO2/c23-19-12-6-4-10-16(19)14-18-21(24)17-11-5-7-13-20(17)25-22(18)15-8-2-1-3-9-15/h1-14,22H/b18-14+. The number of Topliss-reactive ketones (excluding diaryl/α,β-unsaturated/α-hetero) is 1. The summed E-state index contributed by atoms with van der Waals surface area (Å²) in [5.74, 6) is 0.577. The fourth-order valence-electron chi connectivity index (χ4n) is 3.00. The molecule has 0 bridgehead atoms. The van der Waals surface area contributed by atoms with Crippen LogP contribution in [-0.2, 0) is 0 Å². The number of halogens is 1. The lowest BCUT2D eigenvalue weighted by atomic mass is 9.89. The highest BCUT2D eigenvalue weighted by molar-refractivity contribution is 6.32. The van der Waals surface area contributed by atoms with Gasteiger partial charge in [0.2, 0.25) is 0 Å². The van der Waals surface area contributed by atoms with Gasteiger partial charge in [-0.25, -0.2) is 0 Å². The lowest BCUT2D eigenvalue weighted by molar-refractivity contribution is 0.0963. The molecule has 1 unspecified atom stereocenters. The summed E-state index contributed by atoms with van der Waals surface area (Å²) >= 11 is 6.29. The van der Waals surface area contributed by atoms with Crippen molar-refractivity contribution in [3.63, 3.8) is 0 Å². The molecule has 0 spiro atoms. The average molecular weight is 347 g/mol. The number of carbonyl (C=O) groups is 1. The number of hydrogen-bond donors (Lipinski definition) is 0. The van der Waals surface area contributed by atoms with Gasteiger partial charge in [-0.1, -0.05) is 72.3 Å². The molecule has 1 aliphatic heterocycles. The van der Waals surface area contributed by atoms with Crippen molar-refractivity contribution in [1.82, 2.24) is 0 Å². The lowest BCUT2D eigenvalue weighted by Gasteiger charge is -2.28. The number of hydrogen-bond acceptors (Lipinski definition) is 2. The van der Waals surface area contributed by atoms with Crippen LogP contribution in [0, 0.1) is 0 Å². The molecular formula is C22H15ClO2. The van der Waals surface area contributed by atoms with E-state index in [9.17, 15) is 4.79 Å². The van der Waals surface area contributed by atoms with E-state index in [1.807, 2.05) is 78.9 Å². The highest BCUT2D eigenvalue weighted by Crippen LogP contribution is 2.39. The van der Waals surface area contributed by atoms with Crippen molar-refractivity contribution in [2.24, 2.45) is 0 Å². The largest absolute Gasteiger partial charge is 0.480 e. The predicted octanol–water partition coefficient (Wildman–Crippen LogP) is 5.74. The minimum atomic E-state index is -0.458. The van der Waals surface area contributed by atoms with Gasteiger partial charge in [-0.3, -0.25) is 4.79 Å². The highest BCUT2D eigenvalue weighted by atomic mass is 35.5.